The Balaban J connectivity index is 2.15. The minimum atomic E-state index is -0.281. The topological polar surface area (TPSA) is 68.0 Å². The molecule has 4 nitrogen and oxygen atoms in total. The molecule has 0 unspecified atom stereocenters. The van der Waals surface area contributed by atoms with Crippen LogP contribution in [0.15, 0.2) is 29.8 Å². The molecule has 0 saturated heterocycles. The number of hydrogen-bond donors (Lipinski definition) is 2. The van der Waals surface area contributed by atoms with E-state index in [1.54, 1.807) is 29.8 Å². The van der Waals surface area contributed by atoms with Crippen LogP contribution in [0.5, 0.6) is 0 Å². The minimum Gasteiger partial charge on any atom is -0.320 e. The molecule has 0 bridgehead atoms. The van der Waals surface area contributed by atoms with E-state index in [-0.39, 0.29) is 12.5 Å². The predicted molar refractivity (Wildman–Crippen MR) is 77.5 cm³/mol. The van der Waals surface area contributed by atoms with Crippen LogP contribution >= 0.6 is 22.9 Å². The molecule has 0 aliphatic heterocycles. The van der Waals surface area contributed by atoms with Gasteiger partial charge in [-0.05, 0) is 23.6 Å². The second-order valence-corrected chi connectivity index (χ2v) is 4.81. The summed E-state index contributed by atoms with van der Waals surface area (Å²) >= 11 is 7.17. The third-order valence-corrected chi connectivity index (χ3v) is 3.50. The minimum absolute atomic E-state index is 0.281. The van der Waals surface area contributed by atoms with Gasteiger partial charge in [-0.3, -0.25) is 4.79 Å². The van der Waals surface area contributed by atoms with Gasteiger partial charge in [0.05, 0.1) is 11.6 Å². The summed E-state index contributed by atoms with van der Waals surface area (Å²) in [6.45, 7) is 0.287. The van der Waals surface area contributed by atoms with Crippen molar-refractivity contribution in [1.29, 1.82) is 0 Å². The zero-order chi connectivity index (χ0) is 13.7. The number of hydrogen-bond acceptors (Lipinski definition) is 4. The first-order valence-electron chi connectivity index (χ1n) is 5.40. The van der Waals surface area contributed by atoms with E-state index in [4.69, 9.17) is 17.3 Å². The zero-order valence-corrected chi connectivity index (χ0v) is 11.4. The van der Waals surface area contributed by atoms with E-state index >= 15 is 0 Å². The Hall–Kier alpha value is -1.87. The lowest BCUT2D eigenvalue weighted by Gasteiger charge is -2.03. The number of amides is 1. The number of nitrogens with zero attached hydrogens (tertiary/aromatic N) is 1. The number of carbonyl (C=O) groups excluding carboxylic acids is 1. The molecule has 96 valence electrons. The van der Waals surface area contributed by atoms with Gasteiger partial charge in [0.2, 0.25) is 0 Å². The molecule has 2 aromatic rings. The molecule has 0 radical (unpaired) electrons. The standard InChI is InChI=1S/C13H10ClN3OS/c14-10-4-7-19-12(10)13(18)17-11-8-9(2-1-5-15)3-6-16-11/h3-4,6-8H,5,15H2,(H,16,17,18). The highest BCUT2D eigenvalue weighted by atomic mass is 35.5. The molecular formula is C13H10ClN3OS. The van der Waals surface area contributed by atoms with Crippen molar-refractivity contribution in [2.75, 3.05) is 11.9 Å². The first-order valence-corrected chi connectivity index (χ1v) is 6.66. The summed E-state index contributed by atoms with van der Waals surface area (Å²) in [4.78, 5) is 16.5. The number of aromatic nitrogens is 1. The molecule has 0 spiro atoms. The molecule has 2 heterocycles. The van der Waals surface area contributed by atoms with Crippen LogP contribution in [-0.2, 0) is 0 Å². The number of halogens is 1. The number of anilines is 1. The van der Waals surface area contributed by atoms with Crippen LogP contribution < -0.4 is 11.1 Å². The van der Waals surface area contributed by atoms with Crippen LogP contribution in [0.25, 0.3) is 0 Å². The average molecular weight is 292 g/mol. The third kappa shape index (κ3) is 3.55. The lowest BCUT2D eigenvalue weighted by atomic mass is 10.2. The molecule has 0 aliphatic rings. The smallest absolute Gasteiger partial charge is 0.268 e. The highest BCUT2D eigenvalue weighted by Gasteiger charge is 2.12. The van der Waals surface area contributed by atoms with E-state index < -0.39 is 0 Å². The van der Waals surface area contributed by atoms with Crippen LogP contribution in [0.3, 0.4) is 0 Å². The molecule has 3 N–H and O–H groups in total. The number of pyridine rings is 1. The van der Waals surface area contributed by atoms with Crippen molar-refractivity contribution in [3.8, 4) is 11.8 Å². The average Bonchev–Trinajstić information content (AvgIpc) is 2.83. The highest BCUT2D eigenvalue weighted by Crippen LogP contribution is 2.22. The first kappa shape index (κ1) is 13.6. The normalized spacial score (nSPS) is 9.58. The molecule has 0 atom stereocenters. The van der Waals surface area contributed by atoms with Gasteiger partial charge in [-0.25, -0.2) is 4.98 Å². The van der Waals surface area contributed by atoms with E-state index in [9.17, 15) is 4.79 Å². The van der Waals surface area contributed by atoms with E-state index in [0.29, 0.717) is 15.7 Å². The Bertz CT molecular complexity index is 657. The molecular weight excluding hydrogens is 282 g/mol. The van der Waals surface area contributed by atoms with Crippen molar-refractivity contribution in [2.45, 2.75) is 0 Å². The number of thiophene rings is 1. The van der Waals surface area contributed by atoms with Gasteiger partial charge in [-0.15, -0.1) is 11.3 Å². The zero-order valence-electron chi connectivity index (χ0n) is 9.81. The fourth-order valence-electron chi connectivity index (χ4n) is 1.36. The van der Waals surface area contributed by atoms with Gasteiger partial charge in [-0.1, -0.05) is 23.4 Å². The predicted octanol–water partition coefficient (Wildman–Crippen LogP) is 2.36. The molecule has 6 heteroatoms. The Labute approximate surface area is 119 Å². The number of rotatable bonds is 2. The lowest BCUT2D eigenvalue weighted by Crippen LogP contribution is -2.11. The summed E-state index contributed by atoms with van der Waals surface area (Å²) in [5.41, 5.74) is 6.05. The van der Waals surface area contributed by atoms with Crippen molar-refractivity contribution < 1.29 is 4.79 Å². The van der Waals surface area contributed by atoms with Gasteiger partial charge in [0.15, 0.2) is 0 Å². The van der Waals surface area contributed by atoms with Crippen LogP contribution in [0.4, 0.5) is 5.82 Å². The fraction of sp³-hybridized carbons (Fsp3) is 0.0769. The SMILES string of the molecule is NCC#Cc1ccnc(NC(=O)c2sccc2Cl)c1. The maximum atomic E-state index is 11.9. The lowest BCUT2D eigenvalue weighted by molar-refractivity contribution is 0.103. The summed E-state index contributed by atoms with van der Waals surface area (Å²) in [5.74, 6) is 5.76. The third-order valence-electron chi connectivity index (χ3n) is 2.16. The van der Waals surface area contributed by atoms with Gasteiger partial charge in [0.25, 0.3) is 5.91 Å². The summed E-state index contributed by atoms with van der Waals surface area (Å²) in [6.07, 6.45) is 1.58. The molecule has 19 heavy (non-hydrogen) atoms. The first-order chi connectivity index (χ1) is 9.20. The second-order valence-electron chi connectivity index (χ2n) is 3.49. The molecule has 2 rings (SSSR count). The summed E-state index contributed by atoms with van der Waals surface area (Å²) < 4.78 is 0. The van der Waals surface area contributed by atoms with E-state index in [1.807, 2.05) is 0 Å². The van der Waals surface area contributed by atoms with Gasteiger partial charge < -0.3 is 11.1 Å². The van der Waals surface area contributed by atoms with Crippen LogP contribution in [0.2, 0.25) is 5.02 Å². The van der Waals surface area contributed by atoms with Crippen LogP contribution in [0, 0.1) is 11.8 Å². The highest BCUT2D eigenvalue weighted by molar-refractivity contribution is 7.12. The largest absolute Gasteiger partial charge is 0.320 e. The van der Waals surface area contributed by atoms with Crippen LogP contribution in [-0.4, -0.2) is 17.4 Å². The van der Waals surface area contributed by atoms with E-state index in [1.165, 1.54) is 11.3 Å². The summed E-state index contributed by atoms with van der Waals surface area (Å²) in [7, 11) is 0. The quantitative estimate of drug-likeness (QED) is 0.835. The number of nitrogens with one attached hydrogen (secondary N) is 1. The van der Waals surface area contributed by atoms with Crippen molar-refractivity contribution in [3.05, 3.63) is 45.2 Å². The Morgan fingerprint density at radius 3 is 3.05 bits per heavy atom. The number of carbonyl (C=O) groups is 1. The fourth-order valence-corrected chi connectivity index (χ4v) is 2.39. The second kappa shape index (κ2) is 6.34. The molecule has 0 fully saturated rings. The van der Waals surface area contributed by atoms with Gasteiger partial charge in [-0.2, -0.15) is 0 Å². The Morgan fingerprint density at radius 2 is 2.37 bits per heavy atom. The monoisotopic (exact) mass is 291 g/mol. The number of nitrogens with two attached hydrogens (primary N) is 1. The molecule has 0 aromatic carbocycles. The van der Waals surface area contributed by atoms with Gasteiger partial charge >= 0.3 is 0 Å². The molecule has 0 saturated carbocycles. The van der Waals surface area contributed by atoms with Crippen LogP contribution in [0.1, 0.15) is 15.2 Å². The molecule has 1 amide bonds. The summed E-state index contributed by atoms with van der Waals surface area (Å²) in [6, 6.07) is 5.11. The molecule has 2 aromatic heterocycles. The van der Waals surface area contributed by atoms with E-state index in [0.717, 1.165) is 5.56 Å². The maximum Gasteiger partial charge on any atom is 0.268 e. The van der Waals surface area contributed by atoms with Gasteiger partial charge in [0, 0.05) is 11.8 Å². The summed E-state index contributed by atoms with van der Waals surface area (Å²) in [5, 5.41) is 4.87. The Kier molecular flexibility index (Phi) is 4.53. The Morgan fingerprint density at radius 1 is 1.53 bits per heavy atom. The maximum absolute atomic E-state index is 11.9. The van der Waals surface area contributed by atoms with Crippen molar-refractivity contribution in [2.24, 2.45) is 5.73 Å². The van der Waals surface area contributed by atoms with Gasteiger partial charge in [0.1, 0.15) is 10.7 Å². The van der Waals surface area contributed by atoms with Crippen molar-refractivity contribution in [3.63, 3.8) is 0 Å². The molecule has 0 aliphatic carbocycles. The van der Waals surface area contributed by atoms with E-state index in [2.05, 4.69) is 22.1 Å². The van der Waals surface area contributed by atoms with Crippen molar-refractivity contribution >= 4 is 34.7 Å². The van der Waals surface area contributed by atoms with Crippen molar-refractivity contribution in [1.82, 2.24) is 4.98 Å².